The van der Waals surface area contributed by atoms with Crippen LogP contribution in [0.3, 0.4) is 0 Å². The number of nitrogens with one attached hydrogen (secondary N) is 1. The van der Waals surface area contributed by atoms with Gasteiger partial charge in [0.1, 0.15) is 6.10 Å². The van der Waals surface area contributed by atoms with Crippen molar-refractivity contribution in [3.8, 4) is 0 Å². The minimum absolute atomic E-state index is 0.171. The number of ether oxygens (including phenoxy) is 2. The summed E-state index contributed by atoms with van der Waals surface area (Å²) in [5.74, 6) is 0. The van der Waals surface area contributed by atoms with Gasteiger partial charge in [0.05, 0.1) is 19.8 Å². The van der Waals surface area contributed by atoms with E-state index >= 15 is 0 Å². The van der Waals surface area contributed by atoms with E-state index in [1.165, 1.54) is 9.75 Å². The maximum atomic E-state index is 5.69. The van der Waals surface area contributed by atoms with Crippen LogP contribution in [0.1, 0.15) is 30.5 Å². The molecule has 0 radical (unpaired) electrons. The normalized spacial score (nSPS) is 17.1. The summed E-state index contributed by atoms with van der Waals surface area (Å²) in [7, 11) is 0. The molecule has 0 amide bonds. The highest BCUT2D eigenvalue weighted by atomic mass is 32.1. The summed E-state index contributed by atoms with van der Waals surface area (Å²) in [5.41, 5.74) is 0.171. The van der Waals surface area contributed by atoms with Crippen molar-refractivity contribution < 1.29 is 9.47 Å². The lowest BCUT2D eigenvalue weighted by Crippen LogP contribution is -2.35. The molecule has 4 heteroatoms. The Labute approximate surface area is 107 Å². The minimum Gasteiger partial charge on any atom is -0.376 e. The molecule has 0 spiro atoms. The quantitative estimate of drug-likeness (QED) is 0.877. The van der Waals surface area contributed by atoms with E-state index in [9.17, 15) is 0 Å². The first-order chi connectivity index (χ1) is 8.03. The Morgan fingerprint density at radius 1 is 1.35 bits per heavy atom. The van der Waals surface area contributed by atoms with Crippen LogP contribution in [0.25, 0.3) is 0 Å². The molecule has 1 fully saturated rings. The molecule has 96 valence electrons. The molecule has 0 aliphatic carbocycles. The molecule has 17 heavy (non-hydrogen) atoms. The largest absolute Gasteiger partial charge is 0.376 e. The average molecular weight is 255 g/mol. The molecule has 1 N–H and O–H groups in total. The zero-order chi connectivity index (χ0) is 12.3. The second-order valence-electron chi connectivity index (χ2n) is 5.44. The van der Waals surface area contributed by atoms with Crippen molar-refractivity contribution in [2.75, 3.05) is 13.2 Å². The number of rotatable bonds is 5. The molecule has 0 saturated carbocycles. The van der Waals surface area contributed by atoms with Crippen molar-refractivity contribution in [2.45, 2.75) is 45.6 Å². The lowest BCUT2D eigenvalue weighted by Gasteiger charge is -2.25. The lowest BCUT2D eigenvalue weighted by atomic mass is 10.1. The Morgan fingerprint density at radius 2 is 2.06 bits per heavy atom. The van der Waals surface area contributed by atoms with Crippen LogP contribution < -0.4 is 5.32 Å². The third-order valence-corrected chi connectivity index (χ3v) is 3.64. The van der Waals surface area contributed by atoms with Gasteiger partial charge in [-0.2, -0.15) is 0 Å². The van der Waals surface area contributed by atoms with Crippen LogP contribution in [0.5, 0.6) is 0 Å². The first kappa shape index (κ1) is 13.0. The number of hydrogen-bond acceptors (Lipinski definition) is 4. The van der Waals surface area contributed by atoms with Gasteiger partial charge in [0.25, 0.3) is 0 Å². The summed E-state index contributed by atoms with van der Waals surface area (Å²) in [4.78, 5) is 2.66. The maximum Gasteiger partial charge on any atom is 0.105 e. The average Bonchev–Trinajstić information content (AvgIpc) is 2.59. The lowest BCUT2D eigenvalue weighted by molar-refractivity contribution is -0.134. The van der Waals surface area contributed by atoms with Crippen molar-refractivity contribution in [3.05, 3.63) is 21.9 Å². The molecule has 0 bridgehead atoms. The Kier molecular flexibility index (Phi) is 4.20. The van der Waals surface area contributed by atoms with E-state index in [4.69, 9.17) is 9.47 Å². The molecule has 1 aromatic heterocycles. The fraction of sp³-hybridized carbons (Fsp3) is 0.692. The van der Waals surface area contributed by atoms with Crippen molar-refractivity contribution >= 4 is 11.3 Å². The monoisotopic (exact) mass is 255 g/mol. The van der Waals surface area contributed by atoms with E-state index in [1.807, 2.05) is 11.3 Å². The summed E-state index contributed by atoms with van der Waals surface area (Å²) >= 11 is 1.82. The molecule has 3 nitrogen and oxygen atoms in total. The van der Waals surface area contributed by atoms with Gasteiger partial charge >= 0.3 is 0 Å². The Balaban J connectivity index is 1.74. The van der Waals surface area contributed by atoms with E-state index in [2.05, 4.69) is 38.2 Å². The smallest absolute Gasteiger partial charge is 0.105 e. The molecule has 1 aliphatic heterocycles. The van der Waals surface area contributed by atoms with Crippen LogP contribution in [-0.2, 0) is 22.6 Å². The van der Waals surface area contributed by atoms with E-state index in [0.29, 0.717) is 12.7 Å². The highest BCUT2D eigenvalue weighted by Gasteiger charge is 2.18. The SMILES string of the molecule is CC(C)(C)NCc1ccc(COC2COC2)s1. The number of thiophene rings is 1. The summed E-state index contributed by atoms with van der Waals surface area (Å²) in [6.07, 6.45) is 0.313. The molecule has 0 unspecified atom stereocenters. The van der Waals surface area contributed by atoms with Crippen molar-refractivity contribution in [2.24, 2.45) is 0 Å². The molecule has 1 saturated heterocycles. The van der Waals surface area contributed by atoms with Crippen LogP contribution in [0.2, 0.25) is 0 Å². The summed E-state index contributed by atoms with van der Waals surface area (Å²) in [6.45, 7) is 9.70. The van der Waals surface area contributed by atoms with Gasteiger partial charge in [-0.3, -0.25) is 0 Å². The molecule has 0 aromatic carbocycles. The Hall–Kier alpha value is -0.420. The van der Waals surface area contributed by atoms with E-state index in [0.717, 1.165) is 19.8 Å². The summed E-state index contributed by atoms with van der Waals surface area (Å²) < 4.78 is 10.8. The second-order valence-corrected chi connectivity index (χ2v) is 6.69. The Morgan fingerprint density at radius 3 is 2.65 bits per heavy atom. The van der Waals surface area contributed by atoms with Gasteiger partial charge in [0.2, 0.25) is 0 Å². The van der Waals surface area contributed by atoms with Gasteiger partial charge in [0, 0.05) is 21.8 Å². The van der Waals surface area contributed by atoms with Gasteiger partial charge in [-0.15, -0.1) is 11.3 Å². The van der Waals surface area contributed by atoms with Gasteiger partial charge < -0.3 is 14.8 Å². The highest BCUT2D eigenvalue weighted by Crippen LogP contribution is 2.19. The first-order valence-corrected chi connectivity index (χ1v) is 6.86. The molecule has 0 atom stereocenters. The molecule has 2 rings (SSSR count). The van der Waals surface area contributed by atoms with Crippen molar-refractivity contribution in [1.82, 2.24) is 5.32 Å². The topological polar surface area (TPSA) is 30.5 Å². The van der Waals surface area contributed by atoms with Gasteiger partial charge in [-0.1, -0.05) is 0 Å². The van der Waals surface area contributed by atoms with Crippen LogP contribution in [0.15, 0.2) is 12.1 Å². The zero-order valence-corrected chi connectivity index (χ0v) is 11.6. The fourth-order valence-corrected chi connectivity index (χ4v) is 2.34. The summed E-state index contributed by atoms with van der Waals surface area (Å²) in [6, 6.07) is 4.34. The Bertz CT molecular complexity index is 353. The van der Waals surface area contributed by atoms with Gasteiger partial charge in [-0.25, -0.2) is 0 Å². The van der Waals surface area contributed by atoms with Crippen LogP contribution in [-0.4, -0.2) is 24.9 Å². The van der Waals surface area contributed by atoms with Crippen molar-refractivity contribution in [3.63, 3.8) is 0 Å². The molecule has 1 aliphatic rings. The third kappa shape index (κ3) is 4.39. The van der Waals surface area contributed by atoms with Gasteiger partial charge in [-0.05, 0) is 32.9 Å². The molecule has 2 heterocycles. The first-order valence-electron chi connectivity index (χ1n) is 6.05. The van der Waals surface area contributed by atoms with Gasteiger partial charge in [0.15, 0.2) is 0 Å². The zero-order valence-electron chi connectivity index (χ0n) is 10.8. The van der Waals surface area contributed by atoms with Crippen LogP contribution in [0.4, 0.5) is 0 Å². The van der Waals surface area contributed by atoms with Crippen LogP contribution >= 0.6 is 11.3 Å². The molecular formula is C13H21NO2S. The predicted octanol–water partition coefficient (Wildman–Crippen LogP) is 2.55. The molecular weight excluding hydrogens is 234 g/mol. The highest BCUT2D eigenvalue weighted by molar-refractivity contribution is 7.11. The minimum atomic E-state index is 0.171. The second kappa shape index (κ2) is 5.48. The standard InChI is InChI=1S/C13H21NO2S/c1-13(2,3)14-6-11-4-5-12(17-11)9-16-10-7-15-8-10/h4-5,10,14H,6-9H2,1-3H3. The fourth-order valence-electron chi connectivity index (χ4n) is 1.46. The van der Waals surface area contributed by atoms with E-state index in [-0.39, 0.29) is 5.54 Å². The molecule has 1 aromatic rings. The van der Waals surface area contributed by atoms with Crippen molar-refractivity contribution in [1.29, 1.82) is 0 Å². The van der Waals surface area contributed by atoms with E-state index in [1.54, 1.807) is 0 Å². The predicted molar refractivity (Wildman–Crippen MR) is 70.3 cm³/mol. The summed E-state index contributed by atoms with van der Waals surface area (Å²) in [5, 5.41) is 3.49. The third-order valence-electron chi connectivity index (χ3n) is 2.58. The van der Waals surface area contributed by atoms with Crippen LogP contribution in [0, 0.1) is 0 Å². The maximum absolute atomic E-state index is 5.69. The number of hydrogen-bond donors (Lipinski definition) is 1. The van der Waals surface area contributed by atoms with E-state index < -0.39 is 0 Å².